The second-order valence-corrected chi connectivity index (χ2v) is 14.6. The van der Waals surface area contributed by atoms with Gasteiger partial charge in [-0.2, -0.15) is 9.36 Å². The fraction of sp³-hybridized carbons (Fsp3) is 0.292. The number of carboxylic acids is 2. The number of oxime groups is 1. The van der Waals surface area contributed by atoms with Crippen molar-refractivity contribution in [3.63, 3.8) is 0 Å². The largest absolute Gasteiger partial charge is 0.481 e. The third-order valence-corrected chi connectivity index (χ3v) is 10.5. The lowest BCUT2D eigenvalue weighted by Crippen LogP contribution is -2.71. The van der Waals surface area contributed by atoms with Crippen LogP contribution in [0, 0.1) is 0 Å². The number of thioether (sulfide) groups is 2. The lowest BCUT2D eigenvalue weighted by Gasteiger charge is -2.49. The number of thiazole rings is 1. The molecule has 24 heteroatoms. The number of carbonyl (C=O) groups excluding carboxylic acids is 2. The number of amides is 2. The van der Waals surface area contributed by atoms with Gasteiger partial charge < -0.3 is 35.6 Å². The fourth-order valence-electron chi connectivity index (χ4n) is 3.90. The molecule has 2 amide bonds. The van der Waals surface area contributed by atoms with Crippen molar-refractivity contribution in [3.8, 4) is 11.3 Å². The van der Waals surface area contributed by atoms with Crippen LogP contribution in [0.1, 0.15) is 19.7 Å². The summed E-state index contributed by atoms with van der Waals surface area (Å²) < 4.78 is 17.6. The average molecular weight is 764 g/mol. The number of carboxylic acid groups (broad SMARTS) is 2. The molecule has 0 unspecified atom stereocenters. The van der Waals surface area contributed by atoms with Gasteiger partial charge in [0.25, 0.3) is 17.8 Å². The molecule has 3 aromatic heterocycles. The lowest BCUT2D eigenvalue weighted by molar-refractivity contribution is -0.671. The molecular formula is C24H28N8O11PS4+. The van der Waals surface area contributed by atoms with Crippen LogP contribution in [0.2, 0.25) is 0 Å². The van der Waals surface area contributed by atoms with Crippen LogP contribution >= 0.6 is 54.1 Å². The number of carbonyl (C=O) groups is 4. The van der Waals surface area contributed by atoms with Gasteiger partial charge in [0.05, 0.1) is 5.69 Å². The van der Waals surface area contributed by atoms with Crippen LogP contribution in [0.5, 0.6) is 0 Å². The van der Waals surface area contributed by atoms with E-state index in [1.54, 1.807) is 6.92 Å². The number of rotatable bonds is 11. The number of β-lactam (4-membered cyclic amide) rings is 1. The summed E-state index contributed by atoms with van der Waals surface area (Å²) in [5.74, 6) is -3.67. The van der Waals surface area contributed by atoms with Crippen LogP contribution in [0.25, 0.3) is 11.3 Å². The number of fused-ring (bicyclic) bond motifs is 1. The van der Waals surface area contributed by atoms with Crippen molar-refractivity contribution in [2.75, 3.05) is 17.4 Å². The second-order valence-electron chi connectivity index (χ2n) is 9.25. The molecule has 5 rings (SSSR count). The quantitative estimate of drug-likeness (QED) is 0.0509. The zero-order chi connectivity index (χ0) is 34.5. The predicted octanol–water partition coefficient (Wildman–Crippen LogP) is 0.486. The number of nitrogens with one attached hydrogen (secondary N) is 2. The summed E-state index contributed by atoms with van der Waals surface area (Å²) in [6, 6.07) is 2.77. The van der Waals surface area contributed by atoms with E-state index in [1.807, 2.05) is 46.6 Å². The SMILES string of the molecule is CC(=O)O.CCO/N=C(\C(=O)N[C@@H]1C(=O)N2C(C(=O)O)=C(Sc3nc(-c4cc[n+](C)cc4)cs3)CS[C@H]12)c1nsc(NP(=O)(O)O)n1.O. The highest BCUT2D eigenvalue weighted by Crippen LogP contribution is 2.46. The van der Waals surface area contributed by atoms with Crippen molar-refractivity contribution in [1.82, 2.24) is 24.6 Å². The van der Waals surface area contributed by atoms with Crippen LogP contribution < -0.4 is 15.0 Å². The van der Waals surface area contributed by atoms with E-state index in [1.165, 1.54) is 34.9 Å². The van der Waals surface area contributed by atoms with Crippen LogP contribution in [-0.2, 0) is 35.6 Å². The molecule has 2 aliphatic heterocycles. The molecule has 8 N–H and O–H groups in total. The normalized spacial score (nSPS) is 17.2. The first-order chi connectivity index (χ1) is 22.2. The highest BCUT2D eigenvalue weighted by molar-refractivity contribution is 8.07. The molecule has 2 aliphatic rings. The lowest BCUT2D eigenvalue weighted by atomic mass is 10.0. The van der Waals surface area contributed by atoms with Gasteiger partial charge in [0.2, 0.25) is 16.7 Å². The van der Waals surface area contributed by atoms with Gasteiger partial charge in [-0.05, 0) is 6.92 Å². The molecule has 48 heavy (non-hydrogen) atoms. The topological polar surface area (TPSA) is 289 Å². The summed E-state index contributed by atoms with van der Waals surface area (Å²) in [5, 5.41) is 26.5. The summed E-state index contributed by atoms with van der Waals surface area (Å²) in [4.78, 5) is 80.9. The summed E-state index contributed by atoms with van der Waals surface area (Å²) in [7, 11) is -2.77. The zero-order valence-electron chi connectivity index (χ0n) is 25.0. The summed E-state index contributed by atoms with van der Waals surface area (Å²) in [6.45, 7) is 2.78. The minimum atomic E-state index is -4.67. The molecule has 0 bridgehead atoms. The molecule has 0 aliphatic carbocycles. The molecule has 2 atom stereocenters. The molecule has 19 nitrogen and oxygen atoms in total. The van der Waals surface area contributed by atoms with E-state index in [0.717, 1.165) is 23.1 Å². The number of hydrogen-bond donors (Lipinski definition) is 6. The molecule has 0 saturated carbocycles. The molecular weight excluding hydrogens is 736 g/mol. The molecule has 5 heterocycles. The van der Waals surface area contributed by atoms with Crippen LogP contribution in [-0.4, -0.2) is 98.0 Å². The monoisotopic (exact) mass is 763 g/mol. The number of hydrogen-bond acceptors (Lipinski definition) is 14. The molecule has 0 aromatic carbocycles. The van der Waals surface area contributed by atoms with Gasteiger partial charge in [-0.25, -0.2) is 18.9 Å². The molecule has 1 fully saturated rings. The van der Waals surface area contributed by atoms with Gasteiger partial charge in [0.1, 0.15) is 30.8 Å². The van der Waals surface area contributed by atoms with Crippen LogP contribution in [0.15, 0.2) is 50.0 Å². The molecule has 0 radical (unpaired) electrons. The van der Waals surface area contributed by atoms with Crippen LogP contribution in [0.4, 0.5) is 5.13 Å². The number of anilines is 1. The summed E-state index contributed by atoms with van der Waals surface area (Å²) in [6.07, 6.45) is 3.80. The fourth-order valence-corrected chi connectivity index (χ4v) is 8.60. The first-order valence-corrected chi connectivity index (χ1v) is 18.2. The van der Waals surface area contributed by atoms with Gasteiger partial charge in [-0.1, -0.05) is 16.9 Å². The van der Waals surface area contributed by atoms with Gasteiger partial charge >= 0.3 is 13.7 Å². The van der Waals surface area contributed by atoms with Gasteiger partial charge in [-0.15, -0.1) is 23.1 Å². The number of aryl methyl sites for hydroxylation is 1. The first kappa shape index (κ1) is 38.5. The maximum absolute atomic E-state index is 13.2. The molecule has 1 saturated heterocycles. The van der Waals surface area contributed by atoms with E-state index in [4.69, 9.17) is 24.5 Å². The predicted molar refractivity (Wildman–Crippen MR) is 175 cm³/mol. The number of aliphatic carboxylic acids is 2. The highest BCUT2D eigenvalue weighted by atomic mass is 32.2. The third-order valence-electron chi connectivity index (χ3n) is 5.77. The Morgan fingerprint density at radius 3 is 2.50 bits per heavy atom. The highest BCUT2D eigenvalue weighted by Gasteiger charge is 2.54. The maximum atomic E-state index is 13.2. The Morgan fingerprint density at radius 2 is 1.90 bits per heavy atom. The van der Waals surface area contributed by atoms with Crippen molar-refractivity contribution in [1.29, 1.82) is 0 Å². The first-order valence-electron chi connectivity index (χ1n) is 13.1. The minimum absolute atomic E-state index is 0. The minimum Gasteiger partial charge on any atom is -0.481 e. The Bertz CT molecular complexity index is 1790. The van der Waals surface area contributed by atoms with Crippen molar-refractivity contribution in [2.24, 2.45) is 12.2 Å². The van der Waals surface area contributed by atoms with E-state index >= 15 is 0 Å². The van der Waals surface area contributed by atoms with Crippen molar-refractivity contribution in [2.45, 2.75) is 29.6 Å². The van der Waals surface area contributed by atoms with Crippen molar-refractivity contribution in [3.05, 3.63) is 46.3 Å². The smallest absolute Gasteiger partial charge is 0.429 e. The standard InChI is InChI=1S/C22H21N8O8PS4.C2H4O2.H2O/c1-3-38-26-13(16-25-21(43-28-16)27-39(35,36)37)17(31)24-14-18(32)30-15(20(33)34)12(9-40-19(14)30)42-22-23-11(8-41-22)10-4-6-29(2)7-5-10;1-2(3)4;/h4-8,14,19H,3,9H2,1-2H3,(H4-,24,25,27,28,31,33,34,35,36,37);1H3,(H,3,4);1H2/p+1/b26-13-;;/t14-,19-;;/m1../s1. The van der Waals surface area contributed by atoms with Gasteiger partial charge in [0.15, 0.2) is 16.7 Å². The summed E-state index contributed by atoms with van der Waals surface area (Å²) >= 11 is 4.40. The van der Waals surface area contributed by atoms with Crippen LogP contribution in [0.3, 0.4) is 0 Å². The second kappa shape index (κ2) is 16.4. The number of nitrogens with zero attached hydrogens (tertiary/aromatic N) is 6. The van der Waals surface area contributed by atoms with E-state index < -0.39 is 48.6 Å². The van der Waals surface area contributed by atoms with Crippen molar-refractivity contribution < 1.29 is 58.6 Å². The van der Waals surface area contributed by atoms with Gasteiger partial charge in [-0.3, -0.25) is 24.4 Å². The number of pyridine rings is 1. The van der Waals surface area contributed by atoms with Crippen molar-refractivity contribution >= 4 is 88.7 Å². The summed E-state index contributed by atoms with van der Waals surface area (Å²) in [5.41, 5.74) is 1.06. The Morgan fingerprint density at radius 1 is 1.23 bits per heavy atom. The Kier molecular flexibility index (Phi) is 13.2. The van der Waals surface area contributed by atoms with E-state index in [-0.39, 0.29) is 34.5 Å². The van der Waals surface area contributed by atoms with E-state index in [2.05, 4.69) is 24.8 Å². The Hall–Kier alpha value is -3.96. The number of aromatic nitrogens is 4. The zero-order valence-corrected chi connectivity index (χ0v) is 29.1. The molecule has 258 valence electrons. The maximum Gasteiger partial charge on any atom is 0.429 e. The average Bonchev–Trinajstić information content (AvgIpc) is 3.64. The Labute approximate surface area is 287 Å². The molecule has 0 spiro atoms. The van der Waals surface area contributed by atoms with Gasteiger partial charge in [0, 0.05) is 52.2 Å². The van der Waals surface area contributed by atoms with E-state index in [0.29, 0.717) is 20.8 Å². The molecule has 3 aromatic rings. The Balaban J connectivity index is 0.00000118. The van der Waals surface area contributed by atoms with E-state index in [9.17, 15) is 24.1 Å². The third kappa shape index (κ3) is 9.56.